The Morgan fingerprint density at radius 3 is 3.08 bits per heavy atom. The molecular formula is C16H23BrIN5O2. The van der Waals surface area contributed by atoms with Crippen LogP contribution in [0, 0.1) is 0 Å². The Balaban J connectivity index is 0.00000225. The van der Waals surface area contributed by atoms with Gasteiger partial charge in [0.25, 0.3) is 0 Å². The summed E-state index contributed by atoms with van der Waals surface area (Å²) >= 11 is 3.47. The van der Waals surface area contributed by atoms with Gasteiger partial charge in [0.1, 0.15) is 5.65 Å². The minimum absolute atomic E-state index is 0. The molecule has 1 aliphatic heterocycles. The monoisotopic (exact) mass is 523 g/mol. The third kappa shape index (κ3) is 5.28. The van der Waals surface area contributed by atoms with E-state index in [2.05, 4.69) is 36.1 Å². The second kappa shape index (κ2) is 9.70. The van der Waals surface area contributed by atoms with Gasteiger partial charge in [-0.1, -0.05) is 0 Å². The standard InChI is InChI=1S/C16H22BrN5O2.HI/c1-18-16(21-5-6-24-14(10-21)11-23-2)19-7-13-9-22-8-12(17)3-4-15(22)20-13;/h3-4,8-9,14H,5-7,10-11H2,1-2H3,(H,18,19);1H. The zero-order valence-electron chi connectivity index (χ0n) is 14.3. The van der Waals surface area contributed by atoms with Gasteiger partial charge in [-0.15, -0.1) is 24.0 Å². The van der Waals surface area contributed by atoms with Crippen molar-refractivity contribution in [3.8, 4) is 0 Å². The molecule has 1 fully saturated rings. The fourth-order valence-electron chi connectivity index (χ4n) is 2.80. The maximum atomic E-state index is 5.69. The first kappa shape index (κ1) is 20.4. The molecule has 0 aromatic carbocycles. The van der Waals surface area contributed by atoms with E-state index in [1.54, 1.807) is 14.2 Å². The second-order valence-corrected chi connectivity index (χ2v) is 6.56. The lowest BCUT2D eigenvalue weighted by atomic mass is 10.3. The summed E-state index contributed by atoms with van der Waals surface area (Å²) in [6, 6.07) is 3.97. The van der Waals surface area contributed by atoms with Crippen LogP contribution in [0.1, 0.15) is 5.69 Å². The first-order valence-electron chi connectivity index (χ1n) is 7.89. The number of ether oxygens (including phenoxy) is 2. The first-order chi connectivity index (χ1) is 11.7. The minimum atomic E-state index is 0. The molecule has 0 amide bonds. The zero-order chi connectivity index (χ0) is 16.9. The van der Waals surface area contributed by atoms with Crippen molar-refractivity contribution in [3.63, 3.8) is 0 Å². The highest BCUT2D eigenvalue weighted by atomic mass is 127. The number of rotatable bonds is 4. The van der Waals surface area contributed by atoms with E-state index in [-0.39, 0.29) is 30.1 Å². The van der Waals surface area contributed by atoms with Crippen molar-refractivity contribution < 1.29 is 9.47 Å². The number of halogens is 2. The van der Waals surface area contributed by atoms with Crippen LogP contribution in [0.3, 0.4) is 0 Å². The summed E-state index contributed by atoms with van der Waals surface area (Å²) in [6.45, 7) is 3.48. The number of guanidine groups is 1. The number of methoxy groups -OCH3 is 1. The average Bonchev–Trinajstić information content (AvgIpc) is 2.98. The quantitative estimate of drug-likeness (QED) is 0.378. The summed E-state index contributed by atoms with van der Waals surface area (Å²) < 4.78 is 13.9. The molecule has 1 unspecified atom stereocenters. The summed E-state index contributed by atoms with van der Waals surface area (Å²) in [5.74, 6) is 0.859. The summed E-state index contributed by atoms with van der Waals surface area (Å²) in [7, 11) is 3.49. The van der Waals surface area contributed by atoms with Crippen molar-refractivity contribution in [1.82, 2.24) is 19.6 Å². The van der Waals surface area contributed by atoms with Crippen LogP contribution in [-0.4, -0.2) is 66.8 Å². The summed E-state index contributed by atoms with van der Waals surface area (Å²) in [4.78, 5) is 11.2. The molecule has 2 aromatic heterocycles. The number of imidazole rings is 1. The van der Waals surface area contributed by atoms with Gasteiger partial charge in [0.2, 0.25) is 0 Å². The van der Waals surface area contributed by atoms with E-state index in [0.29, 0.717) is 19.8 Å². The van der Waals surface area contributed by atoms with Gasteiger partial charge in [0.05, 0.1) is 31.6 Å². The number of nitrogens with zero attached hydrogens (tertiary/aromatic N) is 4. The number of hydrogen-bond donors (Lipinski definition) is 1. The van der Waals surface area contributed by atoms with Crippen molar-refractivity contribution in [3.05, 3.63) is 34.7 Å². The van der Waals surface area contributed by atoms with Crippen LogP contribution in [0.5, 0.6) is 0 Å². The third-order valence-electron chi connectivity index (χ3n) is 3.90. The van der Waals surface area contributed by atoms with E-state index in [1.807, 2.05) is 28.9 Å². The Kier molecular flexibility index (Phi) is 7.91. The first-order valence-corrected chi connectivity index (χ1v) is 8.68. The molecule has 0 saturated carbocycles. The predicted molar refractivity (Wildman–Crippen MR) is 112 cm³/mol. The summed E-state index contributed by atoms with van der Waals surface area (Å²) in [5, 5.41) is 3.39. The number of aromatic nitrogens is 2. The Morgan fingerprint density at radius 1 is 1.48 bits per heavy atom. The molecule has 138 valence electrons. The topological polar surface area (TPSA) is 63.4 Å². The Hall–Kier alpha value is -0.910. The van der Waals surface area contributed by atoms with Gasteiger partial charge >= 0.3 is 0 Å². The van der Waals surface area contributed by atoms with E-state index >= 15 is 0 Å². The summed E-state index contributed by atoms with van der Waals surface area (Å²) in [6.07, 6.45) is 4.10. The fraction of sp³-hybridized carbons (Fsp3) is 0.500. The van der Waals surface area contributed by atoms with Crippen LogP contribution >= 0.6 is 39.9 Å². The molecule has 1 aliphatic rings. The highest BCUT2D eigenvalue weighted by Gasteiger charge is 2.22. The molecule has 1 atom stereocenters. The molecule has 7 nitrogen and oxygen atoms in total. The van der Waals surface area contributed by atoms with Crippen molar-refractivity contribution in [2.24, 2.45) is 4.99 Å². The minimum Gasteiger partial charge on any atom is -0.382 e. The highest BCUT2D eigenvalue weighted by molar-refractivity contribution is 14.0. The molecular weight excluding hydrogens is 501 g/mol. The van der Waals surface area contributed by atoms with Gasteiger partial charge in [0.15, 0.2) is 5.96 Å². The van der Waals surface area contributed by atoms with Crippen LogP contribution in [0.4, 0.5) is 0 Å². The van der Waals surface area contributed by atoms with Crippen LogP contribution in [0.25, 0.3) is 5.65 Å². The number of pyridine rings is 1. The predicted octanol–water partition coefficient (Wildman–Crippen LogP) is 2.14. The van der Waals surface area contributed by atoms with Gasteiger partial charge in [-0.3, -0.25) is 4.99 Å². The van der Waals surface area contributed by atoms with Gasteiger partial charge in [-0.25, -0.2) is 4.98 Å². The lowest BCUT2D eigenvalue weighted by Gasteiger charge is -2.34. The zero-order valence-corrected chi connectivity index (χ0v) is 18.2. The van der Waals surface area contributed by atoms with Gasteiger partial charge in [-0.05, 0) is 28.1 Å². The van der Waals surface area contributed by atoms with Gasteiger partial charge < -0.3 is 24.1 Å². The smallest absolute Gasteiger partial charge is 0.194 e. The molecule has 0 spiro atoms. The number of hydrogen-bond acceptors (Lipinski definition) is 4. The molecule has 2 aromatic rings. The summed E-state index contributed by atoms with van der Waals surface area (Å²) in [5.41, 5.74) is 1.90. The van der Waals surface area contributed by atoms with Crippen molar-refractivity contribution in [1.29, 1.82) is 0 Å². The Morgan fingerprint density at radius 2 is 2.32 bits per heavy atom. The molecule has 0 radical (unpaired) electrons. The van der Waals surface area contributed by atoms with Crippen molar-refractivity contribution >= 4 is 51.5 Å². The SMILES string of the molecule is CN=C(NCc1cn2cc(Br)ccc2n1)N1CCOC(COC)C1.I. The van der Waals surface area contributed by atoms with E-state index in [0.717, 1.165) is 34.9 Å². The van der Waals surface area contributed by atoms with E-state index < -0.39 is 0 Å². The van der Waals surface area contributed by atoms with Crippen LogP contribution < -0.4 is 5.32 Å². The number of fused-ring (bicyclic) bond motifs is 1. The maximum Gasteiger partial charge on any atom is 0.194 e. The van der Waals surface area contributed by atoms with E-state index in [4.69, 9.17) is 9.47 Å². The number of aliphatic imine (C=N–C) groups is 1. The largest absolute Gasteiger partial charge is 0.382 e. The molecule has 0 bridgehead atoms. The Bertz CT molecular complexity index is 722. The molecule has 1 N–H and O–H groups in total. The van der Waals surface area contributed by atoms with Gasteiger partial charge in [-0.2, -0.15) is 0 Å². The van der Waals surface area contributed by atoms with Gasteiger partial charge in [0, 0.05) is 44.1 Å². The van der Waals surface area contributed by atoms with Crippen LogP contribution in [0.2, 0.25) is 0 Å². The van der Waals surface area contributed by atoms with Crippen molar-refractivity contribution in [2.45, 2.75) is 12.6 Å². The second-order valence-electron chi connectivity index (χ2n) is 5.64. The van der Waals surface area contributed by atoms with Crippen molar-refractivity contribution in [2.75, 3.05) is 40.5 Å². The molecule has 3 rings (SSSR count). The number of nitrogens with one attached hydrogen (secondary N) is 1. The third-order valence-corrected chi connectivity index (χ3v) is 4.36. The fourth-order valence-corrected chi connectivity index (χ4v) is 3.16. The van der Waals surface area contributed by atoms with E-state index in [9.17, 15) is 0 Å². The van der Waals surface area contributed by atoms with Crippen LogP contribution in [0.15, 0.2) is 34.0 Å². The highest BCUT2D eigenvalue weighted by Crippen LogP contribution is 2.12. The molecule has 0 aliphatic carbocycles. The lowest BCUT2D eigenvalue weighted by Crippen LogP contribution is -2.51. The molecule has 25 heavy (non-hydrogen) atoms. The molecule has 3 heterocycles. The molecule has 1 saturated heterocycles. The lowest BCUT2D eigenvalue weighted by molar-refractivity contribution is -0.0447. The number of morpholine rings is 1. The van der Waals surface area contributed by atoms with Crippen LogP contribution in [-0.2, 0) is 16.0 Å². The normalized spacial score (nSPS) is 18.3. The molecule has 9 heteroatoms. The maximum absolute atomic E-state index is 5.69. The average molecular weight is 524 g/mol. The van der Waals surface area contributed by atoms with E-state index in [1.165, 1.54) is 0 Å². The Labute approximate surface area is 172 Å².